The van der Waals surface area contributed by atoms with Gasteiger partial charge in [-0.1, -0.05) is 6.08 Å². The van der Waals surface area contributed by atoms with Crippen LogP contribution in [0.4, 0.5) is 0 Å². The highest BCUT2D eigenvalue weighted by atomic mass is 16.4. The smallest absolute Gasteiger partial charge is 0.211 e. The van der Waals surface area contributed by atoms with E-state index in [9.17, 15) is 0 Å². The number of nitrogens with one attached hydrogen (secondary N) is 1. The van der Waals surface area contributed by atoms with E-state index in [-0.39, 0.29) is 6.04 Å². The first kappa shape index (κ1) is 12.0. The van der Waals surface area contributed by atoms with Crippen LogP contribution >= 0.6 is 0 Å². The molecule has 0 saturated carbocycles. The van der Waals surface area contributed by atoms with E-state index in [0.29, 0.717) is 6.04 Å². The molecule has 0 aliphatic heterocycles. The van der Waals surface area contributed by atoms with Gasteiger partial charge >= 0.3 is 0 Å². The summed E-state index contributed by atoms with van der Waals surface area (Å²) in [6, 6.07) is 0.615. The van der Waals surface area contributed by atoms with Crippen molar-refractivity contribution in [1.29, 1.82) is 0 Å². The molecule has 0 aliphatic rings. The molecule has 0 saturated heterocycles. The van der Waals surface area contributed by atoms with Crippen LogP contribution in [0.2, 0.25) is 0 Å². The Morgan fingerprint density at radius 3 is 2.87 bits per heavy atom. The topological polar surface area (TPSA) is 38.1 Å². The van der Waals surface area contributed by atoms with Gasteiger partial charge in [0, 0.05) is 6.04 Å². The van der Waals surface area contributed by atoms with E-state index in [4.69, 9.17) is 4.42 Å². The third-order valence-electron chi connectivity index (χ3n) is 2.35. The second-order valence-electron chi connectivity index (χ2n) is 3.96. The molecule has 1 heterocycles. The standard InChI is InChI=1S/C12H20N2O/c1-5-6-7-9(2)14-11(4)12-13-8-10(3)15-12/h5,8-9,11,14H,1,6-7H2,2-4H3. The number of oxazole rings is 1. The minimum absolute atomic E-state index is 0.165. The summed E-state index contributed by atoms with van der Waals surface area (Å²) in [6.45, 7) is 9.85. The van der Waals surface area contributed by atoms with Gasteiger partial charge in [0.05, 0.1) is 12.2 Å². The Hall–Kier alpha value is -1.09. The fourth-order valence-electron chi connectivity index (χ4n) is 1.52. The van der Waals surface area contributed by atoms with E-state index in [1.54, 1.807) is 6.20 Å². The third-order valence-corrected chi connectivity index (χ3v) is 2.35. The number of nitrogens with zero attached hydrogens (tertiary/aromatic N) is 1. The molecule has 0 amide bonds. The number of aromatic nitrogens is 1. The highest BCUT2D eigenvalue weighted by molar-refractivity contribution is 4.95. The van der Waals surface area contributed by atoms with Gasteiger partial charge in [-0.2, -0.15) is 0 Å². The SMILES string of the molecule is C=CCCC(C)NC(C)c1ncc(C)o1. The summed E-state index contributed by atoms with van der Waals surface area (Å²) in [5, 5.41) is 3.44. The number of rotatable bonds is 6. The summed E-state index contributed by atoms with van der Waals surface area (Å²) < 4.78 is 5.46. The summed E-state index contributed by atoms with van der Waals surface area (Å²) >= 11 is 0. The molecule has 0 bridgehead atoms. The van der Waals surface area contributed by atoms with Gasteiger partial charge in [-0.3, -0.25) is 0 Å². The zero-order valence-corrected chi connectivity index (χ0v) is 9.79. The second kappa shape index (κ2) is 5.71. The molecule has 0 aliphatic carbocycles. The zero-order chi connectivity index (χ0) is 11.3. The van der Waals surface area contributed by atoms with E-state index in [1.165, 1.54) is 0 Å². The maximum Gasteiger partial charge on any atom is 0.211 e. The van der Waals surface area contributed by atoms with E-state index in [1.807, 2.05) is 13.0 Å². The van der Waals surface area contributed by atoms with Crippen molar-refractivity contribution < 1.29 is 4.42 Å². The molecule has 15 heavy (non-hydrogen) atoms. The van der Waals surface area contributed by atoms with E-state index >= 15 is 0 Å². The predicted molar refractivity (Wildman–Crippen MR) is 61.7 cm³/mol. The van der Waals surface area contributed by atoms with Gasteiger partial charge in [0.2, 0.25) is 5.89 Å². The highest BCUT2D eigenvalue weighted by Gasteiger charge is 2.13. The number of aryl methyl sites for hydroxylation is 1. The van der Waals surface area contributed by atoms with Crippen molar-refractivity contribution in [2.45, 2.75) is 45.7 Å². The second-order valence-corrected chi connectivity index (χ2v) is 3.96. The average Bonchev–Trinajstić information content (AvgIpc) is 2.61. The lowest BCUT2D eigenvalue weighted by molar-refractivity contribution is 0.370. The van der Waals surface area contributed by atoms with Crippen LogP contribution in [0.15, 0.2) is 23.3 Å². The summed E-state index contributed by atoms with van der Waals surface area (Å²) in [6.07, 6.45) is 5.82. The highest BCUT2D eigenvalue weighted by Crippen LogP contribution is 2.13. The van der Waals surface area contributed by atoms with Crippen LogP contribution in [0.25, 0.3) is 0 Å². The van der Waals surface area contributed by atoms with E-state index in [0.717, 1.165) is 24.5 Å². The molecular formula is C12H20N2O. The van der Waals surface area contributed by atoms with Crippen molar-refractivity contribution in [3.05, 3.63) is 30.5 Å². The molecule has 0 spiro atoms. The minimum Gasteiger partial charge on any atom is -0.444 e. The predicted octanol–water partition coefficient (Wildman–Crippen LogP) is 2.99. The summed E-state index contributed by atoms with van der Waals surface area (Å²) in [5.41, 5.74) is 0. The van der Waals surface area contributed by atoms with Crippen molar-refractivity contribution in [3.8, 4) is 0 Å². The number of allylic oxidation sites excluding steroid dienone is 1. The van der Waals surface area contributed by atoms with Crippen LogP contribution in [-0.2, 0) is 0 Å². The lowest BCUT2D eigenvalue weighted by Gasteiger charge is -2.16. The molecule has 1 rings (SSSR count). The van der Waals surface area contributed by atoms with Crippen LogP contribution in [0.3, 0.4) is 0 Å². The maximum absolute atomic E-state index is 5.46. The Balaban J connectivity index is 2.41. The molecule has 1 N–H and O–H groups in total. The minimum atomic E-state index is 0.165. The first-order chi connectivity index (χ1) is 7.13. The van der Waals surface area contributed by atoms with Crippen LogP contribution in [-0.4, -0.2) is 11.0 Å². The molecule has 1 aromatic rings. The van der Waals surface area contributed by atoms with Crippen molar-refractivity contribution in [1.82, 2.24) is 10.3 Å². The van der Waals surface area contributed by atoms with Gasteiger partial charge in [0.25, 0.3) is 0 Å². The van der Waals surface area contributed by atoms with Crippen molar-refractivity contribution in [3.63, 3.8) is 0 Å². The largest absolute Gasteiger partial charge is 0.444 e. The molecule has 0 aromatic carbocycles. The van der Waals surface area contributed by atoms with Gasteiger partial charge in [0.1, 0.15) is 5.76 Å². The molecule has 3 heteroatoms. The van der Waals surface area contributed by atoms with Crippen LogP contribution in [0, 0.1) is 6.92 Å². The number of hydrogen-bond acceptors (Lipinski definition) is 3. The first-order valence-corrected chi connectivity index (χ1v) is 5.42. The number of hydrogen-bond donors (Lipinski definition) is 1. The Morgan fingerprint density at radius 2 is 2.33 bits per heavy atom. The molecule has 2 atom stereocenters. The molecular weight excluding hydrogens is 188 g/mol. The van der Waals surface area contributed by atoms with Crippen molar-refractivity contribution in [2.24, 2.45) is 0 Å². The van der Waals surface area contributed by atoms with Gasteiger partial charge in [-0.25, -0.2) is 4.98 Å². The van der Waals surface area contributed by atoms with Crippen molar-refractivity contribution in [2.75, 3.05) is 0 Å². The van der Waals surface area contributed by atoms with Gasteiger partial charge in [-0.15, -0.1) is 6.58 Å². The molecule has 0 fully saturated rings. The van der Waals surface area contributed by atoms with E-state index < -0.39 is 0 Å². The lowest BCUT2D eigenvalue weighted by atomic mass is 10.1. The third kappa shape index (κ3) is 3.88. The quantitative estimate of drug-likeness (QED) is 0.730. The monoisotopic (exact) mass is 208 g/mol. The van der Waals surface area contributed by atoms with Crippen LogP contribution in [0.1, 0.15) is 44.4 Å². The first-order valence-electron chi connectivity index (χ1n) is 5.42. The Kier molecular flexibility index (Phi) is 4.56. The molecule has 1 aromatic heterocycles. The lowest BCUT2D eigenvalue weighted by Crippen LogP contribution is -2.28. The molecule has 84 valence electrons. The zero-order valence-electron chi connectivity index (χ0n) is 9.79. The van der Waals surface area contributed by atoms with Crippen LogP contribution < -0.4 is 5.32 Å². The summed E-state index contributed by atoms with van der Waals surface area (Å²) in [7, 11) is 0. The summed E-state index contributed by atoms with van der Waals surface area (Å²) in [5.74, 6) is 1.62. The fourth-order valence-corrected chi connectivity index (χ4v) is 1.52. The van der Waals surface area contributed by atoms with Crippen molar-refractivity contribution >= 4 is 0 Å². The van der Waals surface area contributed by atoms with E-state index in [2.05, 4.69) is 30.7 Å². The molecule has 2 unspecified atom stereocenters. The normalized spacial score (nSPS) is 14.9. The average molecular weight is 208 g/mol. The maximum atomic E-state index is 5.46. The van der Waals surface area contributed by atoms with Gasteiger partial charge < -0.3 is 9.73 Å². The Bertz CT molecular complexity index is 306. The summed E-state index contributed by atoms with van der Waals surface area (Å²) in [4.78, 5) is 4.20. The van der Waals surface area contributed by atoms with Crippen LogP contribution in [0.5, 0.6) is 0 Å². The molecule has 3 nitrogen and oxygen atoms in total. The van der Waals surface area contributed by atoms with Gasteiger partial charge in [-0.05, 0) is 33.6 Å². The molecule has 0 radical (unpaired) electrons. The van der Waals surface area contributed by atoms with Gasteiger partial charge in [0.15, 0.2) is 0 Å². The Morgan fingerprint density at radius 1 is 1.60 bits per heavy atom. The Labute approximate surface area is 91.6 Å². The fraction of sp³-hybridized carbons (Fsp3) is 0.583.